The first-order valence-electron chi connectivity index (χ1n) is 6.15. The molecule has 1 heterocycles. The highest BCUT2D eigenvalue weighted by molar-refractivity contribution is 5.81. The first-order chi connectivity index (χ1) is 8.19. The van der Waals surface area contributed by atoms with E-state index < -0.39 is 6.04 Å². The number of nitrogens with one attached hydrogen (secondary N) is 1. The highest BCUT2D eigenvalue weighted by Crippen LogP contribution is 2.05. The maximum absolute atomic E-state index is 11.6. The molecule has 94 valence electrons. The third kappa shape index (κ3) is 4.15. The maximum atomic E-state index is 11.6. The summed E-state index contributed by atoms with van der Waals surface area (Å²) in [6.45, 7) is 4.55. The fourth-order valence-corrected chi connectivity index (χ4v) is 1.70. The predicted molar refractivity (Wildman–Crippen MR) is 68.3 cm³/mol. The molecule has 0 saturated heterocycles. The lowest BCUT2D eigenvalue weighted by molar-refractivity contribution is -0.122. The van der Waals surface area contributed by atoms with Gasteiger partial charge in [-0.25, -0.2) is 0 Å². The van der Waals surface area contributed by atoms with Crippen LogP contribution in [0.3, 0.4) is 0 Å². The molecule has 1 aromatic rings. The first-order valence-corrected chi connectivity index (χ1v) is 6.15. The normalized spacial score (nSPS) is 12.2. The monoisotopic (exact) mass is 235 g/mol. The van der Waals surface area contributed by atoms with E-state index in [0.29, 0.717) is 13.0 Å². The number of nitrogens with two attached hydrogens (primary N) is 1. The minimum absolute atomic E-state index is 0.0976. The molecule has 0 aliphatic rings. The molecule has 0 fully saturated rings. The van der Waals surface area contributed by atoms with Gasteiger partial charge in [0, 0.05) is 6.20 Å². The number of rotatable bonds is 6. The number of hydrogen-bond acceptors (Lipinski definition) is 3. The molecule has 0 spiro atoms. The summed E-state index contributed by atoms with van der Waals surface area (Å²) in [5.74, 6) is -0.0976. The molecule has 0 aliphatic heterocycles. The van der Waals surface area contributed by atoms with Gasteiger partial charge in [-0.2, -0.15) is 0 Å². The van der Waals surface area contributed by atoms with Crippen LogP contribution in [0.4, 0.5) is 0 Å². The van der Waals surface area contributed by atoms with Gasteiger partial charge in [-0.15, -0.1) is 0 Å². The van der Waals surface area contributed by atoms with E-state index in [1.54, 1.807) is 6.20 Å². The average molecular weight is 235 g/mol. The Labute approximate surface area is 103 Å². The predicted octanol–water partition coefficient (Wildman–Crippen LogP) is 1.39. The smallest absolute Gasteiger partial charge is 0.237 e. The quantitative estimate of drug-likeness (QED) is 0.783. The molecule has 4 nitrogen and oxygen atoms in total. The van der Waals surface area contributed by atoms with Crippen molar-refractivity contribution in [2.24, 2.45) is 5.73 Å². The molecule has 17 heavy (non-hydrogen) atoms. The van der Waals surface area contributed by atoms with Crippen LogP contribution >= 0.6 is 0 Å². The van der Waals surface area contributed by atoms with E-state index in [1.165, 1.54) is 0 Å². The fourth-order valence-electron chi connectivity index (χ4n) is 1.70. The molecular formula is C13H21N3O. The highest BCUT2D eigenvalue weighted by atomic mass is 16.2. The molecular weight excluding hydrogens is 214 g/mol. The van der Waals surface area contributed by atoms with Crippen LogP contribution < -0.4 is 11.1 Å². The Morgan fingerprint density at radius 3 is 2.94 bits per heavy atom. The number of pyridine rings is 1. The second kappa shape index (κ2) is 7.01. The summed E-state index contributed by atoms with van der Waals surface area (Å²) in [6, 6.07) is 3.53. The van der Waals surface area contributed by atoms with E-state index in [-0.39, 0.29) is 5.91 Å². The van der Waals surface area contributed by atoms with Crippen molar-refractivity contribution in [3.8, 4) is 0 Å². The third-order valence-electron chi connectivity index (χ3n) is 2.73. The summed E-state index contributed by atoms with van der Waals surface area (Å²) >= 11 is 0. The van der Waals surface area contributed by atoms with Crippen LogP contribution in [0.25, 0.3) is 0 Å². The van der Waals surface area contributed by atoms with Gasteiger partial charge in [0.05, 0.1) is 18.3 Å². The van der Waals surface area contributed by atoms with Crippen molar-refractivity contribution in [2.75, 3.05) is 0 Å². The molecule has 0 saturated carbocycles. The molecule has 0 aliphatic carbocycles. The molecule has 0 unspecified atom stereocenters. The lowest BCUT2D eigenvalue weighted by Crippen LogP contribution is -2.40. The largest absolute Gasteiger partial charge is 0.349 e. The minimum atomic E-state index is -0.409. The Balaban J connectivity index is 2.52. The van der Waals surface area contributed by atoms with Crippen molar-refractivity contribution in [1.82, 2.24) is 10.3 Å². The molecule has 1 aromatic heterocycles. The van der Waals surface area contributed by atoms with E-state index in [4.69, 9.17) is 5.73 Å². The summed E-state index contributed by atoms with van der Waals surface area (Å²) in [4.78, 5) is 15.9. The molecule has 3 N–H and O–H groups in total. The summed E-state index contributed by atoms with van der Waals surface area (Å²) in [6.07, 6.45) is 4.29. The Kier molecular flexibility index (Phi) is 5.63. The van der Waals surface area contributed by atoms with Crippen molar-refractivity contribution < 1.29 is 4.79 Å². The summed E-state index contributed by atoms with van der Waals surface area (Å²) in [7, 11) is 0. The molecule has 0 radical (unpaired) electrons. The van der Waals surface area contributed by atoms with Crippen LogP contribution in [0.5, 0.6) is 0 Å². The van der Waals surface area contributed by atoms with Gasteiger partial charge in [-0.05, 0) is 24.5 Å². The van der Waals surface area contributed by atoms with Crippen molar-refractivity contribution in [1.29, 1.82) is 0 Å². The van der Waals surface area contributed by atoms with E-state index in [2.05, 4.69) is 17.2 Å². The van der Waals surface area contributed by atoms with E-state index in [1.807, 2.05) is 19.1 Å². The molecule has 1 rings (SSSR count). The van der Waals surface area contributed by atoms with Gasteiger partial charge >= 0.3 is 0 Å². The second-order valence-corrected chi connectivity index (χ2v) is 4.08. The zero-order valence-electron chi connectivity index (χ0n) is 10.6. The Morgan fingerprint density at radius 2 is 2.29 bits per heavy atom. The van der Waals surface area contributed by atoms with Gasteiger partial charge < -0.3 is 11.1 Å². The molecule has 1 atom stereocenters. The summed E-state index contributed by atoms with van der Waals surface area (Å²) < 4.78 is 0. The van der Waals surface area contributed by atoms with Gasteiger partial charge in [-0.3, -0.25) is 9.78 Å². The minimum Gasteiger partial charge on any atom is -0.349 e. The van der Waals surface area contributed by atoms with Crippen molar-refractivity contribution in [3.05, 3.63) is 29.6 Å². The lowest BCUT2D eigenvalue weighted by atomic mass is 10.1. The molecule has 0 aromatic carbocycles. The van der Waals surface area contributed by atoms with Crippen LogP contribution in [-0.2, 0) is 17.8 Å². The van der Waals surface area contributed by atoms with Crippen LogP contribution in [-0.4, -0.2) is 16.9 Å². The maximum Gasteiger partial charge on any atom is 0.237 e. The van der Waals surface area contributed by atoms with Gasteiger partial charge in [-0.1, -0.05) is 26.3 Å². The highest BCUT2D eigenvalue weighted by Gasteiger charge is 2.12. The summed E-state index contributed by atoms with van der Waals surface area (Å²) in [5.41, 5.74) is 7.82. The second-order valence-electron chi connectivity index (χ2n) is 4.08. The van der Waals surface area contributed by atoms with Crippen LogP contribution in [0, 0.1) is 0 Å². The number of carbonyl (C=O) groups excluding carboxylic acids is 1. The van der Waals surface area contributed by atoms with Crippen molar-refractivity contribution >= 4 is 5.91 Å². The van der Waals surface area contributed by atoms with Gasteiger partial charge in [0.2, 0.25) is 5.91 Å². The zero-order valence-corrected chi connectivity index (χ0v) is 10.6. The molecule has 1 amide bonds. The van der Waals surface area contributed by atoms with Gasteiger partial charge in [0.1, 0.15) is 0 Å². The Bertz CT molecular complexity index is 365. The third-order valence-corrected chi connectivity index (χ3v) is 2.73. The van der Waals surface area contributed by atoms with Crippen LogP contribution in [0.1, 0.15) is 37.9 Å². The Hall–Kier alpha value is -1.42. The standard InChI is InChI=1S/C13H21N3O/c1-3-6-11(14)13(17)16-9-12-10(4-2)7-5-8-15-12/h5,7-8,11H,3-4,6,9,14H2,1-2H3,(H,16,17)/t11-/m0/s1. The van der Waals surface area contributed by atoms with Crippen molar-refractivity contribution in [3.63, 3.8) is 0 Å². The fraction of sp³-hybridized carbons (Fsp3) is 0.538. The van der Waals surface area contributed by atoms with Crippen molar-refractivity contribution in [2.45, 2.75) is 45.7 Å². The van der Waals surface area contributed by atoms with E-state index >= 15 is 0 Å². The first kappa shape index (κ1) is 13.6. The number of hydrogen-bond donors (Lipinski definition) is 2. The van der Waals surface area contributed by atoms with Crippen LogP contribution in [0.2, 0.25) is 0 Å². The molecule has 4 heteroatoms. The van der Waals surface area contributed by atoms with E-state index in [0.717, 1.165) is 24.1 Å². The number of amides is 1. The Morgan fingerprint density at radius 1 is 1.53 bits per heavy atom. The number of carbonyl (C=O) groups is 1. The van der Waals surface area contributed by atoms with Gasteiger partial charge in [0.25, 0.3) is 0 Å². The zero-order chi connectivity index (χ0) is 12.7. The van der Waals surface area contributed by atoms with Gasteiger partial charge in [0.15, 0.2) is 0 Å². The number of aryl methyl sites for hydroxylation is 1. The van der Waals surface area contributed by atoms with E-state index in [9.17, 15) is 4.79 Å². The SMILES string of the molecule is CCC[C@H](N)C(=O)NCc1ncccc1CC. The lowest BCUT2D eigenvalue weighted by Gasteiger charge is -2.12. The topological polar surface area (TPSA) is 68.0 Å². The summed E-state index contributed by atoms with van der Waals surface area (Å²) in [5, 5.41) is 2.83. The van der Waals surface area contributed by atoms with Crippen LogP contribution in [0.15, 0.2) is 18.3 Å². The average Bonchev–Trinajstić information content (AvgIpc) is 2.36. The molecule has 0 bridgehead atoms. The number of aromatic nitrogens is 1. The number of nitrogens with zero attached hydrogens (tertiary/aromatic N) is 1.